The van der Waals surface area contributed by atoms with Gasteiger partial charge in [0.25, 0.3) is 0 Å². The van der Waals surface area contributed by atoms with Crippen molar-refractivity contribution in [2.45, 2.75) is 38.3 Å². The molecule has 0 saturated heterocycles. The Balaban J connectivity index is 1.29. The van der Waals surface area contributed by atoms with Crippen molar-refractivity contribution in [2.24, 2.45) is 0 Å². The Hall–Kier alpha value is -3.01. The molecule has 1 aliphatic carbocycles. The number of methoxy groups -OCH3 is 1. The Bertz CT molecular complexity index is 1020. The summed E-state index contributed by atoms with van der Waals surface area (Å²) in [6.45, 7) is 0.337. The normalized spacial score (nSPS) is 13.5. The number of amides is 1. The Morgan fingerprint density at radius 2 is 2.18 bits per heavy atom. The van der Waals surface area contributed by atoms with Crippen LogP contribution in [0.15, 0.2) is 28.8 Å². The van der Waals surface area contributed by atoms with Crippen LogP contribution < -0.4 is 10.1 Å². The SMILES string of the molecule is COc1ccc(-c2noc(CCC(=O)NCc3n[nH]c(=S)n3C3CC3)n2)cc1. The molecule has 10 heteroatoms. The second kappa shape index (κ2) is 7.93. The lowest BCUT2D eigenvalue weighted by atomic mass is 10.2. The van der Waals surface area contributed by atoms with Crippen LogP contribution in [0.4, 0.5) is 0 Å². The molecule has 0 radical (unpaired) electrons. The monoisotopic (exact) mass is 400 g/mol. The molecule has 1 fully saturated rings. The molecule has 3 aromatic rings. The average molecular weight is 400 g/mol. The highest BCUT2D eigenvalue weighted by molar-refractivity contribution is 7.71. The summed E-state index contributed by atoms with van der Waals surface area (Å²) in [6, 6.07) is 7.78. The van der Waals surface area contributed by atoms with E-state index in [4.69, 9.17) is 21.5 Å². The van der Waals surface area contributed by atoms with Crippen LogP contribution in [0, 0.1) is 4.77 Å². The number of hydrogen-bond acceptors (Lipinski definition) is 7. The number of hydrogen-bond donors (Lipinski definition) is 2. The molecule has 0 bridgehead atoms. The van der Waals surface area contributed by atoms with E-state index < -0.39 is 0 Å². The summed E-state index contributed by atoms with van der Waals surface area (Å²) in [5, 5.41) is 13.8. The molecule has 2 N–H and O–H groups in total. The van der Waals surface area contributed by atoms with E-state index in [0.29, 0.717) is 35.5 Å². The van der Waals surface area contributed by atoms with Crippen molar-refractivity contribution in [3.63, 3.8) is 0 Å². The Morgan fingerprint density at radius 1 is 1.39 bits per heavy atom. The maximum Gasteiger partial charge on any atom is 0.227 e. The van der Waals surface area contributed by atoms with Gasteiger partial charge in [0.15, 0.2) is 10.6 Å². The van der Waals surface area contributed by atoms with Crippen molar-refractivity contribution in [3.8, 4) is 17.1 Å². The van der Waals surface area contributed by atoms with E-state index in [1.54, 1.807) is 7.11 Å². The molecule has 0 unspecified atom stereocenters. The number of benzene rings is 1. The molecule has 4 rings (SSSR count). The van der Waals surface area contributed by atoms with Gasteiger partial charge in [0, 0.05) is 24.4 Å². The van der Waals surface area contributed by atoms with Crippen LogP contribution in [0.1, 0.15) is 37.0 Å². The second-order valence-electron chi connectivity index (χ2n) is 6.56. The quantitative estimate of drug-likeness (QED) is 0.559. The smallest absolute Gasteiger partial charge is 0.227 e. The standard InChI is InChI=1S/C18H20N6O3S/c1-26-13-6-2-11(3-7-13)17-20-16(27-23-17)9-8-15(25)19-10-14-21-22-18(28)24(14)12-4-5-12/h2-3,6-7,12H,4-5,8-10H2,1H3,(H,19,25)(H,22,28). The minimum Gasteiger partial charge on any atom is -0.497 e. The van der Waals surface area contributed by atoms with E-state index >= 15 is 0 Å². The summed E-state index contributed by atoms with van der Waals surface area (Å²) >= 11 is 5.24. The van der Waals surface area contributed by atoms with Gasteiger partial charge >= 0.3 is 0 Å². The second-order valence-corrected chi connectivity index (χ2v) is 6.95. The maximum atomic E-state index is 12.2. The number of ether oxygens (including phenoxy) is 1. The number of aryl methyl sites for hydroxylation is 1. The van der Waals surface area contributed by atoms with Crippen LogP contribution in [0.2, 0.25) is 0 Å². The van der Waals surface area contributed by atoms with Crippen molar-refractivity contribution < 1.29 is 14.1 Å². The number of carbonyl (C=O) groups excluding carboxylic acids is 1. The van der Waals surface area contributed by atoms with Gasteiger partial charge < -0.3 is 14.6 Å². The number of aromatic nitrogens is 5. The topological polar surface area (TPSA) is 111 Å². The Labute approximate surface area is 166 Å². The zero-order chi connectivity index (χ0) is 19.5. The number of aromatic amines is 1. The lowest BCUT2D eigenvalue weighted by Crippen LogP contribution is -2.25. The van der Waals surface area contributed by atoms with Crippen LogP contribution in [-0.4, -0.2) is 37.9 Å². The van der Waals surface area contributed by atoms with Gasteiger partial charge in [-0.15, -0.1) is 0 Å². The molecular weight excluding hydrogens is 380 g/mol. The maximum absolute atomic E-state index is 12.2. The largest absolute Gasteiger partial charge is 0.497 e. The van der Waals surface area contributed by atoms with Crippen molar-refractivity contribution in [3.05, 3.63) is 40.8 Å². The number of nitrogens with zero attached hydrogens (tertiary/aromatic N) is 4. The fourth-order valence-electron chi connectivity index (χ4n) is 2.87. The van der Waals surface area contributed by atoms with Gasteiger partial charge in [-0.25, -0.2) is 0 Å². The number of rotatable bonds is 8. The fraction of sp³-hybridized carbons (Fsp3) is 0.389. The first kappa shape index (κ1) is 18.4. The summed E-state index contributed by atoms with van der Waals surface area (Å²) in [5.74, 6) is 2.30. The van der Waals surface area contributed by atoms with Crippen LogP contribution in [0.5, 0.6) is 5.75 Å². The van der Waals surface area contributed by atoms with Crippen LogP contribution in [-0.2, 0) is 17.8 Å². The highest BCUT2D eigenvalue weighted by Gasteiger charge is 2.27. The van der Waals surface area contributed by atoms with Gasteiger partial charge in [0.05, 0.1) is 13.7 Å². The van der Waals surface area contributed by atoms with Gasteiger partial charge in [0.2, 0.25) is 17.6 Å². The van der Waals surface area contributed by atoms with E-state index in [2.05, 4.69) is 25.7 Å². The summed E-state index contributed by atoms with van der Waals surface area (Å²) in [5.41, 5.74) is 0.822. The van der Waals surface area contributed by atoms with Crippen LogP contribution in [0.3, 0.4) is 0 Å². The molecule has 0 aliphatic heterocycles. The molecule has 1 aromatic carbocycles. The first-order chi connectivity index (χ1) is 13.6. The van der Waals surface area contributed by atoms with E-state index in [1.807, 2.05) is 28.8 Å². The van der Waals surface area contributed by atoms with E-state index in [0.717, 1.165) is 30.0 Å². The number of H-pyrrole nitrogens is 1. The Kier molecular flexibility index (Phi) is 5.20. The minimum absolute atomic E-state index is 0.111. The highest BCUT2D eigenvalue weighted by atomic mass is 32.1. The third kappa shape index (κ3) is 4.11. The third-order valence-corrected chi connectivity index (χ3v) is 4.80. The zero-order valence-corrected chi connectivity index (χ0v) is 16.2. The highest BCUT2D eigenvalue weighted by Crippen LogP contribution is 2.35. The van der Waals surface area contributed by atoms with Gasteiger partial charge in [-0.2, -0.15) is 10.1 Å². The molecule has 2 aromatic heterocycles. The molecule has 9 nitrogen and oxygen atoms in total. The van der Waals surface area contributed by atoms with Gasteiger partial charge in [-0.1, -0.05) is 5.16 Å². The van der Waals surface area contributed by atoms with Gasteiger partial charge in [0.1, 0.15) is 5.75 Å². The van der Waals surface area contributed by atoms with Crippen molar-refractivity contribution in [1.82, 2.24) is 30.2 Å². The number of carbonyl (C=O) groups is 1. The molecule has 1 aliphatic rings. The molecule has 1 saturated carbocycles. The lowest BCUT2D eigenvalue weighted by molar-refractivity contribution is -0.121. The third-order valence-electron chi connectivity index (χ3n) is 4.52. The summed E-state index contributed by atoms with van der Waals surface area (Å²) < 4.78 is 13.0. The van der Waals surface area contributed by atoms with Crippen molar-refractivity contribution >= 4 is 18.1 Å². The molecular formula is C18H20N6O3S. The zero-order valence-electron chi connectivity index (χ0n) is 15.3. The first-order valence-corrected chi connectivity index (χ1v) is 9.44. The fourth-order valence-corrected chi connectivity index (χ4v) is 3.17. The van der Waals surface area contributed by atoms with Crippen LogP contribution in [0.25, 0.3) is 11.4 Å². The lowest BCUT2D eigenvalue weighted by Gasteiger charge is -2.06. The molecule has 146 valence electrons. The molecule has 0 atom stereocenters. The molecule has 28 heavy (non-hydrogen) atoms. The predicted molar refractivity (Wildman–Crippen MR) is 102 cm³/mol. The van der Waals surface area contributed by atoms with Gasteiger partial charge in [-0.3, -0.25) is 14.5 Å². The molecule has 1 amide bonds. The van der Waals surface area contributed by atoms with E-state index in [9.17, 15) is 4.79 Å². The molecule has 0 spiro atoms. The van der Waals surface area contributed by atoms with E-state index in [1.165, 1.54) is 0 Å². The van der Waals surface area contributed by atoms with Crippen molar-refractivity contribution in [2.75, 3.05) is 7.11 Å². The average Bonchev–Trinajstić information content (AvgIpc) is 3.31. The Morgan fingerprint density at radius 3 is 2.89 bits per heavy atom. The minimum atomic E-state index is -0.111. The first-order valence-electron chi connectivity index (χ1n) is 9.03. The van der Waals surface area contributed by atoms with E-state index in [-0.39, 0.29) is 12.3 Å². The predicted octanol–water partition coefficient (Wildman–Crippen LogP) is 2.58. The van der Waals surface area contributed by atoms with Crippen LogP contribution >= 0.6 is 12.2 Å². The summed E-state index contributed by atoms with van der Waals surface area (Å²) in [4.78, 5) is 16.5. The number of nitrogens with one attached hydrogen (secondary N) is 2. The van der Waals surface area contributed by atoms with Crippen molar-refractivity contribution in [1.29, 1.82) is 0 Å². The summed E-state index contributed by atoms with van der Waals surface area (Å²) in [6.07, 6.45) is 2.81. The van der Waals surface area contributed by atoms with Gasteiger partial charge in [-0.05, 0) is 49.3 Å². The molecule has 2 heterocycles. The summed E-state index contributed by atoms with van der Waals surface area (Å²) in [7, 11) is 1.61.